The molecule has 2 aromatic carbocycles. The van der Waals surface area contributed by atoms with Crippen molar-refractivity contribution in [2.24, 2.45) is 0 Å². The average Bonchev–Trinajstić information content (AvgIpc) is 2.48. The zero-order valence-electron chi connectivity index (χ0n) is 11.0. The molecule has 0 aliphatic heterocycles. The van der Waals surface area contributed by atoms with Crippen molar-refractivity contribution in [3.8, 4) is 0 Å². The molecule has 0 aliphatic carbocycles. The standard InChI is InChI=1S/C15H11BrClNO3/c1-21-15(20)11-8-9(16)6-7-13(11)18-14(19)10-4-2-3-5-12(10)17/h2-8H,1H3,(H,18,19). The highest BCUT2D eigenvalue weighted by Gasteiger charge is 2.16. The van der Waals surface area contributed by atoms with Gasteiger partial charge >= 0.3 is 5.97 Å². The van der Waals surface area contributed by atoms with Crippen LogP contribution in [0.25, 0.3) is 0 Å². The van der Waals surface area contributed by atoms with E-state index < -0.39 is 11.9 Å². The first kappa shape index (κ1) is 15.5. The number of benzene rings is 2. The van der Waals surface area contributed by atoms with Gasteiger partial charge in [-0.1, -0.05) is 39.7 Å². The molecule has 0 radical (unpaired) electrons. The molecule has 21 heavy (non-hydrogen) atoms. The molecule has 0 unspecified atom stereocenters. The van der Waals surface area contributed by atoms with Crippen molar-refractivity contribution < 1.29 is 14.3 Å². The van der Waals surface area contributed by atoms with Gasteiger partial charge in [0.05, 0.1) is 28.9 Å². The van der Waals surface area contributed by atoms with Gasteiger partial charge < -0.3 is 10.1 Å². The molecule has 1 amide bonds. The number of esters is 1. The highest BCUT2D eigenvalue weighted by Crippen LogP contribution is 2.23. The predicted octanol–water partition coefficient (Wildman–Crippen LogP) is 4.14. The number of hydrogen-bond donors (Lipinski definition) is 1. The third kappa shape index (κ3) is 3.62. The van der Waals surface area contributed by atoms with Crippen LogP contribution in [0, 0.1) is 0 Å². The molecule has 4 nitrogen and oxygen atoms in total. The number of ether oxygens (including phenoxy) is 1. The molecule has 0 aliphatic rings. The first-order chi connectivity index (χ1) is 10.0. The Balaban J connectivity index is 2.34. The summed E-state index contributed by atoms with van der Waals surface area (Å²) in [5.41, 5.74) is 0.945. The third-order valence-corrected chi connectivity index (χ3v) is 3.58. The third-order valence-electron chi connectivity index (χ3n) is 2.75. The fourth-order valence-electron chi connectivity index (χ4n) is 1.74. The zero-order valence-corrected chi connectivity index (χ0v) is 13.4. The molecule has 0 atom stereocenters. The van der Waals surface area contributed by atoms with Crippen molar-refractivity contribution in [1.29, 1.82) is 0 Å². The van der Waals surface area contributed by atoms with E-state index in [1.54, 1.807) is 42.5 Å². The number of halogens is 2. The fraction of sp³-hybridized carbons (Fsp3) is 0.0667. The molecular weight excluding hydrogens is 358 g/mol. The van der Waals surface area contributed by atoms with Gasteiger partial charge in [0, 0.05) is 4.47 Å². The Hall–Kier alpha value is -1.85. The van der Waals surface area contributed by atoms with Gasteiger partial charge in [0.1, 0.15) is 0 Å². The van der Waals surface area contributed by atoms with Crippen LogP contribution in [0.2, 0.25) is 5.02 Å². The fourth-order valence-corrected chi connectivity index (χ4v) is 2.32. The van der Waals surface area contributed by atoms with Crippen LogP contribution in [0.3, 0.4) is 0 Å². The molecule has 1 N–H and O–H groups in total. The second-order valence-electron chi connectivity index (χ2n) is 4.12. The second kappa shape index (κ2) is 6.74. The smallest absolute Gasteiger partial charge is 0.340 e. The Kier molecular flexibility index (Phi) is 4.98. The summed E-state index contributed by atoms with van der Waals surface area (Å²) >= 11 is 9.26. The number of carbonyl (C=O) groups excluding carboxylic acids is 2. The van der Waals surface area contributed by atoms with Gasteiger partial charge in [-0.05, 0) is 30.3 Å². The molecule has 0 aromatic heterocycles. The van der Waals surface area contributed by atoms with Crippen LogP contribution in [0.15, 0.2) is 46.9 Å². The van der Waals surface area contributed by atoms with Crippen molar-refractivity contribution in [3.63, 3.8) is 0 Å². The molecule has 2 aromatic rings. The van der Waals surface area contributed by atoms with E-state index >= 15 is 0 Å². The largest absolute Gasteiger partial charge is 0.465 e. The first-order valence-corrected chi connectivity index (χ1v) is 7.13. The normalized spacial score (nSPS) is 10.0. The van der Waals surface area contributed by atoms with Crippen LogP contribution in [0.5, 0.6) is 0 Å². The molecule has 0 saturated heterocycles. The van der Waals surface area contributed by atoms with Crippen LogP contribution in [0.1, 0.15) is 20.7 Å². The summed E-state index contributed by atoms with van der Waals surface area (Å²) < 4.78 is 5.41. The quantitative estimate of drug-likeness (QED) is 0.828. The maximum Gasteiger partial charge on any atom is 0.340 e. The Morgan fingerprint density at radius 1 is 1.14 bits per heavy atom. The van der Waals surface area contributed by atoms with E-state index in [4.69, 9.17) is 16.3 Å². The number of anilines is 1. The average molecular weight is 369 g/mol. The van der Waals surface area contributed by atoms with Crippen molar-refractivity contribution in [2.45, 2.75) is 0 Å². The van der Waals surface area contributed by atoms with Crippen LogP contribution in [-0.2, 0) is 4.74 Å². The number of carbonyl (C=O) groups is 2. The predicted molar refractivity (Wildman–Crippen MR) is 84.9 cm³/mol. The SMILES string of the molecule is COC(=O)c1cc(Br)ccc1NC(=O)c1ccccc1Cl. The Morgan fingerprint density at radius 2 is 1.86 bits per heavy atom. The lowest BCUT2D eigenvalue weighted by Gasteiger charge is -2.11. The van der Waals surface area contributed by atoms with Gasteiger partial charge in [-0.3, -0.25) is 4.79 Å². The Morgan fingerprint density at radius 3 is 2.52 bits per heavy atom. The van der Waals surface area contributed by atoms with Crippen LogP contribution in [-0.4, -0.2) is 19.0 Å². The molecule has 0 heterocycles. The molecule has 2 rings (SSSR count). The van der Waals surface area contributed by atoms with Gasteiger partial charge in [0.25, 0.3) is 5.91 Å². The van der Waals surface area contributed by atoms with Crippen molar-refractivity contribution in [2.75, 3.05) is 12.4 Å². The lowest BCUT2D eigenvalue weighted by Crippen LogP contribution is -2.15. The molecule has 0 bridgehead atoms. The summed E-state index contributed by atoms with van der Waals surface area (Å²) in [4.78, 5) is 24.0. The topological polar surface area (TPSA) is 55.4 Å². The number of rotatable bonds is 3. The summed E-state index contributed by atoms with van der Waals surface area (Å²) in [7, 11) is 1.28. The van der Waals surface area contributed by atoms with Gasteiger partial charge in [0.2, 0.25) is 0 Å². The van der Waals surface area contributed by atoms with Gasteiger partial charge in [-0.15, -0.1) is 0 Å². The molecule has 6 heteroatoms. The molecule has 0 fully saturated rings. The van der Waals surface area contributed by atoms with Crippen LogP contribution < -0.4 is 5.32 Å². The summed E-state index contributed by atoms with van der Waals surface area (Å²) in [6, 6.07) is 11.6. The van der Waals surface area contributed by atoms with E-state index in [1.165, 1.54) is 7.11 Å². The lowest BCUT2D eigenvalue weighted by atomic mass is 10.1. The first-order valence-electron chi connectivity index (χ1n) is 5.96. The molecule has 108 valence electrons. The van der Waals surface area contributed by atoms with E-state index in [-0.39, 0.29) is 5.56 Å². The Bertz CT molecular complexity index is 703. The molecule has 0 spiro atoms. The number of methoxy groups -OCH3 is 1. The van der Waals surface area contributed by atoms with Gasteiger partial charge in [0.15, 0.2) is 0 Å². The number of nitrogens with one attached hydrogen (secondary N) is 1. The minimum atomic E-state index is -0.536. The van der Waals surface area contributed by atoms with Gasteiger partial charge in [-0.25, -0.2) is 4.79 Å². The van der Waals surface area contributed by atoms with Crippen molar-refractivity contribution in [1.82, 2.24) is 0 Å². The monoisotopic (exact) mass is 367 g/mol. The summed E-state index contributed by atoms with van der Waals surface area (Å²) in [5.74, 6) is -0.932. The summed E-state index contributed by atoms with van der Waals surface area (Å²) in [6.07, 6.45) is 0. The zero-order chi connectivity index (χ0) is 15.4. The van der Waals surface area contributed by atoms with E-state index in [1.807, 2.05) is 0 Å². The summed E-state index contributed by atoms with van der Waals surface area (Å²) in [5, 5.41) is 3.00. The maximum atomic E-state index is 12.2. The highest BCUT2D eigenvalue weighted by atomic mass is 79.9. The second-order valence-corrected chi connectivity index (χ2v) is 5.44. The highest BCUT2D eigenvalue weighted by molar-refractivity contribution is 9.10. The molecular formula is C15H11BrClNO3. The maximum absolute atomic E-state index is 12.2. The van der Waals surface area contributed by atoms with E-state index in [0.29, 0.717) is 20.7 Å². The lowest BCUT2D eigenvalue weighted by molar-refractivity contribution is 0.0602. The minimum Gasteiger partial charge on any atom is -0.465 e. The summed E-state index contributed by atoms with van der Waals surface area (Å²) in [6.45, 7) is 0. The van der Waals surface area contributed by atoms with E-state index in [9.17, 15) is 9.59 Å². The van der Waals surface area contributed by atoms with Gasteiger partial charge in [-0.2, -0.15) is 0 Å². The minimum absolute atomic E-state index is 0.257. The van der Waals surface area contributed by atoms with E-state index in [0.717, 1.165) is 0 Å². The van der Waals surface area contributed by atoms with Crippen LogP contribution in [0.4, 0.5) is 5.69 Å². The Labute approximate surface area is 135 Å². The van der Waals surface area contributed by atoms with Crippen LogP contribution >= 0.6 is 27.5 Å². The number of hydrogen-bond acceptors (Lipinski definition) is 3. The van der Waals surface area contributed by atoms with Crippen molar-refractivity contribution in [3.05, 3.63) is 63.1 Å². The number of amides is 1. The van der Waals surface area contributed by atoms with Crippen molar-refractivity contribution >= 4 is 45.1 Å². The van der Waals surface area contributed by atoms with E-state index in [2.05, 4.69) is 21.2 Å². The molecule has 0 saturated carbocycles.